The van der Waals surface area contributed by atoms with Crippen LogP contribution in [-0.2, 0) is 0 Å². The minimum atomic E-state index is -0.472. The van der Waals surface area contributed by atoms with E-state index in [9.17, 15) is 0 Å². The number of nitrogens with zero attached hydrogens (tertiary/aromatic N) is 2. The fraction of sp³-hybridized carbons (Fsp3) is 0.0345. The van der Waals surface area contributed by atoms with Crippen molar-refractivity contribution in [1.29, 1.82) is 0 Å². The lowest BCUT2D eigenvalue weighted by atomic mass is 9.63. The third kappa shape index (κ3) is 2.11. The monoisotopic (exact) mass is 394 g/mol. The minimum absolute atomic E-state index is 0.472. The first-order chi connectivity index (χ1) is 15.4. The predicted octanol–water partition coefficient (Wildman–Crippen LogP) is 6.33. The van der Waals surface area contributed by atoms with Gasteiger partial charge in [-0.3, -0.25) is 0 Å². The minimum Gasteiger partial charge on any atom is -0.153 e. The van der Waals surface area contributed by atoms with Crippen LogP contribution in [0.25, 0.3) is 17.7 Å². The van der Waals surface area contributed by atoms with Crippen molar-refractivity contribution in [2.75, 3.05) is 0 Å². The Morgan fingerprint density at radius 1 is 0.613 bits per heavy atom. The molecule has 0 saturated heterocycles. The van der Waals surface area contributed by atoms with Crippen molar-refractivity contribution in [3.63, 3.8) is 0 Å². The summed E-state index contributed by atoms with van der Waals surface area (Å²) in [4.78, 5) is 0. The molecule has 1 unspecified atom stereocenters. The van der Waals surface area contributed by atoms with Gasteiger partial charge in [0.1, 0.15) is 0 Å². The van der Waals surface area contributed by atoms with E-state index in [1.165, 1.54) is 33.4 Å². The molecule has 0 N–H and O–H groups in total. The Morgan fingerprint density at radius 3 is 2.13 bits per heavy atom. The normalized spacial score (nSPS) is 21.9. The van der Waals surface area contributed by atoms with Crippen LogP contribution in [0.1, 0.15) is 27.8 Å². The molecule has 1 aliphatic heterocycles. The Bertz CT molecular complexity index is 1440. The molecule has 0 saturated carbocycles. The largest absolute Gasteiger partial charge is 0.153 e. The summed E-state index contributed by atoms with van der Waals surface area (Å²) in [6, 6.07) is 27.6. The summed E-state index contributed by atoms with van der Waals surface area (Å²) in [5.74, 6) is 0. The maximum Gasteiger partial charge on any atom is 0.0983 e. The molecule has 1 heterocycles. The summed E-state index contributed by atoms with van der Waals surface area (Å²) >= 11 is 0. The SMILES string of the molecule is C1=CC2(C3=Cc4ccccc4C3=C1)C1=Cc3ccccc3C1=NN=C2c1ccccc1. The highest BCUT2D eigenvalue weighted by molar-refractivity contribution is 6.31. The van der Waals surface area contributed by atoms with Crippen LogP contribution in [0.3, 0.4) is 0 Å². The van der Waals surface area contributed by atoms with Crippen LogP contribution in [0.15, 0.2) is 118 Å². The molecule has 1 atom stereocenters. The van der Waals surface area contributed by atoms with Gasteiger partial charge in [0.2, 0.25) is 0 Å². The van der Waals surface area contributed by atoms with Crippen molar-refractivity contribution in [1.82, 2.24) is 0 Å². The van der Waals surface area contributed by atoms with Gasteiger partial charge in [-0.05, 0) is 45.6 Å². The molecular formula is C29H18N2. The van der Waals surface area contributed by atoms with Gasteiger partial charge in [0.15, 0.2) is 0 Å². The van der Waals surface area contributed by atoms with Crippen LogP contribution in [0.5, 0.6) is 0 Å². The van der Waals surface area contributed by atoms with Crippen molar-refractivity contribution in [2.45, 2.75) is 0 Å². The van der Waals surface area contributed by atoms with Crippen LogP contribution in [0, 0.1) is 5.41 Å². The molecule has 144 valence electrons. The zero-order chi connectivity index (χ0) is 20.4. The summed E-state index contributed by atoms with van der Waals surface area (Å²) in [5, 5.41) is 9.65. The van der Waals surface area contributed by atoms with Crippen molar-refractivity contribution in [3.05, 3.63) is 136 Å². The van der Waals surface area contributed by atoms with Gasteiger partial charge < -0.3 is 0 Å². The van der Waals surface area contributed by atoms with Gasteiger partial charge in [-0.1, -0.05) is 97.1 Å². The maximum atomic E-state index is 4.89. The van der Waals surface area contributed by atoms with E-state index in [2.05, 4.69) is 103 Å². The average Bonchev–Trinajstić information content (AvgIpc) is 3.40. The molecule has 0 aromatic heterocycles. The van der Waals surface area contributed by atoms with E-state index in [-0.39, 0.29) is 0 Å². The molecule has 4 aliphatic rings. The molecule has 31 heavy (non-hydrogen) atoms. The summed E-state index contributed by atoms with van der Waals surface area (Å²) in [5.41, 5.74) is 11.3. The highest BCUT2D eigenvalue weighted by Gasteiger charge is 2.50. The second-order valence-electron chi connectivity index (χ2n) is 8.30. The Labute approximate surface area is 181 Å². The molecule has 1 spiro atoms. The van der Waals surface area contributed by atoms with Crippen LogP contribution in [-0.4, -0.2) is 11.4 Å². The number of allylic oxidation sites excluding steroid dienone is 6. The smallest absolute Gasteiger partial charge is 0.0983 e. The lowest BCUT2D eigenvalue weighted by Gasteiger charge is -2.39. The zero-order valence-electron chi connectivity index (χ0n) is 16.8. The van der Waals surface area contributed by atoms with E-state index >= 15 is 0 Å². The third-order valence-corrected chi connectivity index (χ3v) is 6.74. The first-order valence-corrected chi connectivity index (χ1v) is 10.6. The first-order valence-electron chi connectivity index (χ1n) is 10.6. The molecule has 2 heteroatoms. The van der Waals surface area contributed by atoms with Crippen LogP contribution < -0.4 is 0 Å². The molecule has 0 fully saturated rings. The highest BCUT2D eigenvalue weighted by Crippen LogP contribution is 2.56. The summed E-state index contributed by atoms with van der Waals surface area (Å²) in [6.07, 6.45) is 11.4. The Kier molecular flexibility index (Phi) is 3.23. The van der Waals surface area contributed by atoms with Gasteiger partial charge in [0.25, 0.3) is 0 Å². The van der Waals surface area contributed by atoms with E-state index in [0.29, 0.717) is 0 Å². The number of benzene rings is 3. The van der Waals surface area contributed by atoms with E-state index in [1.807, 2.05) is 6.07 Å². The van der Waals surface area contributed by atoms with Gasteiger partial charge in [0.05, 0.1) is 16.8 Å². The fourth-order valence-electron chi connectivity index (χ4n) is 5.38. The zero-order valence-corrected chi connectivity index (χ0v) is 16.8. The van der Waals surface area contributed by atoms with Gasteiger partial charge in [-0.2, -0.15) is 5.10 Å². The summed E-state index contributed by atoms with van der Waals surface area (Å²) in [6.45, 7) is 0. The maximum absolute atomic E-state index is 4.89. The Balaban J connectivity index is 1.54. The third-order valence-electron chi connectivity index (χ3n) is 6.74. The van der Waals surface area contributed by atoms with Crippen LogP contribution >= 0.6 is 0 Å². The lowest BCUT2D eigenvalue weighted by molar-refractivity contribution is 0.798. The second-order valence-corrected chi connectivity index (χ2v) is 8.30. The molecule has 0 radical (unpaired) electrons. The summed E-state index contributed by atoms with van der Waals surface area (Å²) < 4.78 is 0. The van der Waals surface area contributed by atoms with Crippen molar-refractivity contribution < 1.29 is 0 Å². The molecule has 3 aromatic rings. The fourth-order valence-corrected chi connectivity index (χ4v) is 5.38. The number of hydrogen-bond donors (Lipinski definition) is 0. The number of fused-ring (bicyclic) bond motifs is 8. The Hall–Kier alpha value is -4.04. The number of rotatable bonds is 1. The molecular weight excluding hydrogens is 376 g/mol. The van der Waals surface area contributed by atoms with Crippen LogP contribution in [0.4, 0.5) is 0 Å². The molecule has 3 aromatic carbocycles. The summed E-state index contributed by atoms with van der Waals surface area (Å²) in [7, 11) is 0. The van der Waals surface area contributed by atoms with Crippen molar-refractivity contribution in [2.24, 2.45) is 15.6 Å². The molecule has 0 amide bonds. The molecule has 2 nitrogen and oxygen atoms in total. The number of hydrogen-bond acceptors (Lipinski definition) is 2. The topological polar surface area (TPSA) is 24.7 Å². The van der Waals surface area contributed by atoms with Crippen molar-refractivity contribution in [3.8, 4) is 0 Å². The van der Waals surface area contributed by atoms with Gasteiger partial charge in [-0.25, -0.2) is 0 Å². The predicted molar refractivity (Wildman–Crippen MR) is 128 cm³/mol. The van der Waals surface area contributed by atoms with Crippen molar-refractivity contribution >= 4 is 29.1 Å². The Morgan fingerprint density at radius 2 is 1.29 bits per heavy atom. The lowest BCUT2D eigenvalue weighted by Crippen LogP contribution is -2.39. The standard InChI is InChI=1S/C29H18N2/c1-2-9-19(10-3-1)28-29(26-18-21-12-5-7-14-23(21)27(26)30-31-28)16-8-15-24-22-13-6-4-11-20(22)17-25(24)29/h1-18H. The molecule has 3 aliphatic carbocycles. The first kappa shape index (κ1) is 16.7. The molecule has 0 bridgehead atoms. The average molecular weight is 394 g/mol. The quantitative estimate of drug-likeness (QED) is 0.461. The van der Waals surface area contributed by atoms with Crippen LogP contribution in [0.2, 0.25) is 0 Å². The second kappa shape index (κ2) is 5.99. The van der Waals surface area contributed by atoms with E-state index in [1.54, 1.807) is 0 Å². The van der Waals surface area contributed by atoms with E-state index in [4.69, 9.17) is 10.2 Å². The molecule has 7 rings (SSSR count). The van der Waals surface area contributed by atoms with Gasteiger partial charge in [0, 0.05) is 11.1 Å². The van der Waals surface area contributed by atoms with Gasteiger partial charge >= 0.3 is 0 Å². The van der Waals surface area contributed by atoms with Gasteiger partial charge in [-0.15, -0.1) is 5.10 Å². The van der Waals surface area contributed by atoms with E-state index in [0.717, 1.165) is 22.6 Å². The van der Waals surface area contributed by atoms with E-state index < -0.39 is 5.41 Å². The highest BCUT2D eigenvalue weighted by atomic mass is 15.2.